The van der Waals surface area contributed by atoms with E-state index in [1.54, 1.807) is 6.92 Å². The van der Waals surface area contributed by atoms with E-state index >= 15 is 0 Å². The first kappa shape index (κ1) is 12.0. The molecular formula is C8H10N2O3S2. The summed E-state index contributed by atoms with van der Waals surface area (Å²) in [6, 6.07) is 0. The number of hydrogen-bond acceptors (Lipinski definition) is 5. The van der Waals surface area contributed by atoms with Crippen molar-refractivity contribution in [1.29, 1.82) is 0 Å². The molecule has 5 nitrogen and oxygen atoms in total. The van der Waals surface area contributed by atoms with E-state index in [-0.39, 0.29) is 17.2 Å². The van der Waals surface area contributed by atoms with Crippen LogP contribution in [0, 0.1) is 6.92 Å². The number of amides is 1. The van der Waals surface area contributed by atoms with Crippen molar-refractivity contribution in [3.05, 3.63) is 10.6 Å². The van der Waals surface area contributed by atoms with Gasteiger partial charge in [0.05, 0.1) is 5.69 Å². The molecule has 15 heavy (non-hydrogen) atoms. The number of primary amides is 1. The summed E-state index contributed by atoms with van der Waals surface area (Å²) in [6.45, 7) is 1.65. The van der Waals surface area contributed by atoms with Crippen LogP contribution in [0.1, 0.15) is 21.8 Å². The molecule has 0 saturated heterocycles. The van der Waals surface area contributed by atoms with E-state index in [0.717, 1.165) is 11.3 Å². The minimum atomic E-state index is -0.966. The van der Waals surface area contributed by atoms with Crippen molar-refractivity contribution in [2.75, 3.05) is 5.75 Å². The smallest absolute Gasteiger partial charge is 0.347 e. The molecule has 82 valence electrons. The first-order valence-electron chi connectivity index (χ1n) is 4.12. The molecule has 0 saturated carbocycles. The molecule has 1 rings (SSSR count). The van der Waals surface area contributed by atoms with E-state index in [9.17, 15) is 9.59 Å². The zero-order valence-corrected chi connectivity index (χ0v) is 9.65. The van der Waals surface area contributed by atoms with Gasteiger partial charge in [-0.05, 0) is 6.92 Å². The third-order valence-corrected chi connectivity index (χ3v) is 3.84. The van der Waals surface area contributed by atoms with Crippen LogP contribution in [0.15, 0.2) is 4.34 Å². The number of aromatic carboxylic acids is 1. The van der Waals surface area contributed by atoms with Crippen molar-refractivity contribution in [1.82, 2.24) is 4.98 Å². The second-order valence-electron chi connectivity index (χ2n) is 2.76. The first-order valence-corrected chi connectivity index (χ1v) is 5.92. The maximum atomic E-state index is 10.7. The van der Waals surface area contributed by atoms with Gasteiger partial charge in [-0.15, -0.1) is 11.3 Å². The van der Waals surface area contributed by atoms with Gasteiger partial charge in [-0.1, -0.05) is 11.8 Å². The molecule has 1 aromatic rings. The number of carbonyl (C=O) groups excluding carboxylic acids is 1. The Bertz CT molecular complexity index is 389. The Morgan fingerprint density at radius 2 is 2.27 bits per heavy atom. The highest BCUT2D eigenvalue weighted by Gasteiger charge is 2.13. The summed E-state index contributed by atoms with van der Waals surface area (Å²) in [5.74, 6) is -0.803. The summed E-state index contributed by atoms with van der Waals surface area (Å²) in [5.41, 5.74) is 5.48. The Morgan fingerprint density at radius 3 is 2.73 bits per heavy atom. The minimum Gasteiger partial charge on any atom is -0.477 e. The summed E-state index contributed by atoms with van der Waals surface area (Å²) in [6.07, 6.45) is 0.270. The van der Waals surface area contributed by atoms with Crippen molar-refractivity contribution in [3.8, 4) is 0 Å². The van der Waals surface area contributed by atoms with Gasteiger partial charge in [0, 0.05) is 12.2 Å². The van der Waals surface area contributed by atoms with Gasteiger partial charge in [0.15, 0.2) is 4.34 Å². The molecule has 0 aliphatic rings. The number of rotatable bonds is 5. The van der Waals surface area contributed by atoms with Gasteiger partial charge in [0.25, 0.3) is 0 Å². The zero-order valence-electron chi connectivity index (χ0n) is 8.02. The van der Waals surface area contributed by atoms with Crippen LogP contribution in [-0.2, 0) is 4.79 Å². The van der Waals surface area contributed by atoms with E-state index in [0.29, 0.717) is 15.8 Å². The molecular weight excluding hydrogens is 236 g/mol. The van der Waals surface area contributed by atoms with Crippen LogP contribution in [0.4, 0.5) is 0 Å². The highest BCUT2D eigenvalue weighted by Crippen LogP contribution is 2.27. The molecule has 0 atom stereocenters. The maximum absolute atomic E-state index is 10.7. The molecule has 0 aliphatic heterocycles. The molecule has 0 radical (unpaired) electrons. The Kier molecular flexibility index (Phi) is 4.10. The quantitative estimate of drug-likeness (QED) is 0.759. The molecule has 0 aliphatic carbocycles. The number of nitrogens with zero attached hydrogens (tertiary/aromatic N) is 1. The monoisotopic (exact) mass is 246 g/mol. The average molecular weight is 246 g/mol. The van der Waals surface area contributed by atoms with E-state index in [1.807, 2.05) is 0 Å². The summed E-state index contributed by atoms with van der Waals surface area (Å²) in [4.78, 5) is 25.5. The summed E-state index contributed by atoms with van der Waals surface area (Å²) < 4.78 is 0.658. The van der Waals surface area contributed by atoms with Crippen molar-refractivity contribution in [2.45, 2.75) is 17.7 Å². The highest BCUT2D eigenvalue weighted by molar-refractivity contribution is 8.01. The van der Waals surface area contributed by atoms with E-state index < -0.39 is 5.97 Å². The molecule has 0 bridgehead atoms. The van der Waals surface area contributed by atoms with Crippen molar-refractivity contribution >= 4 is 35.0 Å². The van der Waals surface area contributed by atoms with Gasteiger partial charge in [0.2, 0.25) is 5.91 Å². The second-order valence-corrected chi connectivity index (χ2v) is 5.11. The number of nitrogens with two attached hydrogens (primary N) is 1. The Morgan fingerprint density at radius 1 is 1.60 bits per heavy atom. The molecule has 0 unspecified atom stereocenters. The minimum absolute atomic E-state index is 0.247. The molecule has 0 spiro atoms. The van der Waals surface area contributed by atoms with Crippen molar-refractivity contribution in [2.24, 2.45) is 5.73 Å². The maximum Gasteiger partial charge on any atom is 0.347 e. The zero-order chi connectivity index (χ0) is 11.4. The largest absolute Gasteiger partial charge is 0.477 e. The summed E-state index contributed by atoms with van der Waals surface area (Å²) >= 11 is 2.46. The number of thioether (sulfide) groups is 1. The van der Waals surface area contributed by atoms with Crippen LogP contribution in [0.25, 0.3) is 0 Å². The average Bonchev–Trinajstić information content (AvgIpc) is 2.46. The van der Waals surface area contributed by atoms with Gasteiger partial charge < -0.3 is 10.8 Å². The number of aromatic nitrogens is 1. The normalized spacial score (nSPS) is 10.2. The molecule has 1 amide bonds. The molecule has 3 N–H and O–H groups in total. The molecule has 1 heterocycles. The van der Waals surface area contributed by atoms with Crippen LogP contribution in [0.2, 0.25) is 0 Å². The van der Waals surface area contributed by atoms with Gasteiger partial charge in [-0.3, -0.25) is 4.79 Å². The third-order valence-electron chi connectivity index (χ3n) is 1.55. The lowest BCUT2D eigenvalue weighted by Gasteiger charge is -1.92. The number of hydrogen-bond donors (Lipinski definition) is 2. The second kappa shape index (κ2) is 5.13. The van der Waals surface area contributed by atoms with E-state index in [4.69, 9.17) is 10.8 Å². The lowest BCUT2D eigenvalue weighted by Crippen LogP contribution is -2.10. The number of carboxylic acids is 1. The van der Waals surface area contributed by atoms with Crippen LogP contribution in [-0.4, -0.2) is 27.7 Å². The predicted molar refractivity (Wildman–Crippen MR) is 58.3 cm³/mol. The van der Waals surface area contributed by atoms with Crippen molar-refractivity contribution < 1.29 is 14.7 Å². The fourth-order valence-corrected chi connectivity index (χ4v) is 2.92. The van der Waals surface area contributed by atoms with Crippen LogP contribution in [0.5, 0.6) is 0 Å². The summed E-state index contributed by atoms with van der Waals surface area (Å²) in [7, 11) is 0. The lowest BCUT2D eigenvalue weighted by atomic mass is 10.4. The number of aryl methyl sites for hydroxylation is 1. The standard InChI is InChI=1S/C8H10N2O3S2/c1-4-6(7(12)13)15-8(10-4)14-3-2-5(9)11/h2-3H2,1H3,(H2,9,11)(H,12,13). The molecule has 0 fully saturated rings. The van der Waals surface area contributed by atoms with Crippen LogP contribution >= 0.6 is 23.1 Å². The van der Waals surface area contributed by atoms with Crippen LogP contribution in [0.3, 0.4) is 0 Å². The number of carboxylic acid groups (broad SMARTS) is 1. The van der Waals surface area contributed by atoms with Crippen LogP contribution < -0.4 is 5.73 Å². The lowest BCUT2D eigenvalue weighted by molar-refractivity contribution is -0.117. The van der Waals surface area contributed by atoms with Gasteiger partial charge in [0.1, 0.15) is 4.88 Å². The molecule has 7 heteroatoms. The number of thiazole rings is 1. The van der Waals surface area contributed by atoms with E-state index in [2.05, 4.69) is 4.98 Å². The highest BCUT2D eigenvalue weighted by atomic mass is 32.2. The van der Waals surface area contributed by atoms with Gasteiger partial charge in [-0.25, -0.2) is 9.78 Å². The fourth-order valence-electron chi connectivity index (χ4n) is 0.871. The Hall–Kier alpha value is -1.08. The van der Waals surface area contributed by atoms with E-state index in [1.165, 1.54) is 11.8 Å². The fraction of sp³-hybridized carbons (Fsp3) is 0.375. The predicted octanol–water partition coefficient (Wildman–Crippen LogP) is 1.12. The topological polar surface area (TPSA) is 93.3 Å². The van der Waals surface area contributed by atoms with Gasteiger partial charge in [-0.2, -0.15) is 0 Å². The first-order chi connectivity index (χ1) is 7.00. The summed E-state index contributed by atoms with van der Waals surface area (Å²) in [5, 5.41) is 8.78. The van der Waals surface area contributed by atoms with Gasteiger partial charge >= 0.3 is 5.97 Å². The molecule has 0 aromatic carbocycles. The van der Waals surface area contributed by atoms with Crippen molar-refractivity contribution in [3.63, 3.8) is 0 Å². The Labute approximate surface area is 94.7 Å². The number of carbonyl (C=O) groups is 2. The third kappa shape index (κ3) is 3.52. The Balaban J connectivity index is 2.59. The molecule has 1 aromatic heterocycles. The SMILES string of the molecule is Cc1nc(SCCC(N)=O)sc1C(=O)O.